The Bertz CT molecular complexity index is 1470. The second kappa shape index (κ2) is 11.1. The fourth-order valence-electron chi connectivity index (χ4n) is 8.25. The summed E-state index contributed by atoms with van der Waals surface area (Å²) in [5, 5.41) is 9.56. The van der Waals surface area contributed by atoms with E-state index in [1.165, 1.54) is 23.6 Å². The minimum Gasteiger partial charge on any atom is -0.368 e. The summed E-state index contributed by atoms with van der Waals surface area (Å²) in [6.07, 6.45) is 7.48. The highest BCUT2D eigenvalue weighted by molar-refractivity contribution is 5.87. The van der Waals surface area contributed by atoms with Gasteiger partial charge in [0.25, 0.3) is 0 Å². The lowest BCUT2D eigenvalue weighted by Crippen LogP contribution is -2.58. The number of amides is 1. The number of anilines is 3. The number of benzene rings is 1. The number of rotatable bonds is 5. The van der Waals surface area contributed by atoms with Gasteiger partial charge in [0.05, 0.1) is 24.2 Å². The SMILES string of the molecule is C=CC(=O)N1CCN(c2nc(N3CC4(CCN(C)C4)C3)nc3c2CCC(N2CCCc4ccc(F)cc42)C3)CC1CC#N. The first-order valence-electron chi connectivity index (χ1n) is 15.8. The van der Waals surface area contributed by atoms with Crippen molar-refractivity contribution in [3.8, 4) is 6.07 Å². The summed E-state index contributed by atoms with van der Waals surface area (Å²) < 4.78 is 14.3. The minimum absolute atomic E-state index is 0.126. The average Bonchev–Trinajstić information content (AvgIpc) is 3.41. The first-order valence-corrected chi connectivity index (χ1v) is 15.8. The number of halogens is 1. The molecule has 3 saturated heterocycles. The van der Waals surface area contributed by atoms with E-state index in [2.05, 4.69) is 39.3 Å². The third-order valence-electron chi connectivity index (χ3n) is 10.4. The van der Waals surface area contributed by atoms with Crippen LogP contribution in [0.2, 0.25) is 0 Å². The minimum atomic E-state index is -0.212. The number of likely N-dealkylation sites (tertiary alicyclic amines) is 1. The fraction of sp³-hybridized carbons (Fsp3) is 0.576. The number of hydrogen-bond donors (Lipinski definition) is 0. The maximum atomic E-state index is 14.3. The van der Waals surface area contributed by atoms with Crippen LogP contribution in [-0.2, 0) is 24.1 Å². The van der Waals surface area contributed by atoms with E-state index in [0.717, 1.165) is 88.0 Å². The maximum absolute atomic E-state index is 14.3. The molecule has 9 nitrogen and oxygen atoms in total. The Balaban J connectivity index is 1.21. The molecule has 3 fully saturated rings. The number of nitrogens with zero attached hydrogens (tertiary/aromatic N) is 8. The van der Waals surface area contributed by atoms with Crippen LogP contribution in [0.1, 0.15) is 42.5 Å². The number of nitriles is 1. The summed E-state index contributed by atoms with van der Waals surface area (Å²) in [5.74, 6) is 1.45. The largest absolute Gasteiger partial charge is 0.368 e. The zero-order chi connectivity index (χ0) is 29.7. The van der Waals surface area contributed by atoms with Gasteiger partial charge in [-0.3, -0.25) is 4.79 Å². The van der Waals surface area contributed by atoms with E-state index < -0.39 is 0 Å². The normalized spacial score (nSPS) is 24.8. The van der Waals surface area contributed by atoms with Crippen molar-refractivity contribution < 1.29 is 9.18 Å². The third kappa shape index (κ3) is 5.12. The van der Waals surface area contributed by atoms with Crippen molar-refractivity contribution in [3.05, 3.63) is 53.5 Å². The lowest BCUT2D eigenvalue weighted by Gasteiger charge is -2.49. The molecule has 10 heteroatoms. The molecule has 4 aliphatic heterocycles. The van der Waals surface area contributed by atoms with Crippen LogP contribution in [-0.4, -0.2) is 97.2 Å². The first kappa shape index (κ1) is 28.1. The molecular weight excluding hydrogens is 543 g/mol. The Morgan fingerprint density at radius 3 is 2.79 bits per heavy atom. The zero-order valence-electron chi connectivity index (χ0n) is 25.1. The molecule has 2 atom stereocenters. The van der Waals surface area contributed by atoms with Crippen LogP contribution < -0.4 is 14.7 Å². The Morgan fingerprint density at radius 2 is 2.02 bits per heavy atom. The molecule has 1 aromatic carbocycles. The number of carbonyl (C=O) groups is 1. The van der Waals surface area contributed by atoms with Gasteiger partial charge in [0.2, 0.25) is 11.9 Å². The molecule has 5 heterocycles. The highest BCUT2D eigenvalue weighted by atomic mass is 19.1. The number of carbonyl (C=O) groups excluding carboxylic acids is 1. The maximum Gasteiger partial charge on any atom is 0.246 e. The van der Waals surface area contributed by atoms with Crippen LogP contribution >= 0.6 is 0 Å². The van der Waals surface area contributed by atoms with E-state index in [1.54, 1.807) is 17.0 Å². The standard InChI is InChI=1S/C33H41FN8O/c1-3-30(43)42-16-15-39(19-26(42)10-12-35)31-27-9-8-25(41-13-4-5-23-6-7-24(34)17-29(23)41)18-28(27)36-32(37-31)40-21-33(22-40)11-14-38(2)20-33/h3,6-7,17,25-26H,1,4-5,8-11,13-16,18-22H2,2H3. The van der Waals surface area contributed by atoms with Crippen molar-refractivity contribution in [1.82, 2.24) is 19.8 Å². The summed E-state index contributed by atoms with van der Waals surface area (Å²) in [4.78, 5) is 34.3. The van der Waals surface area contributed by atoms with Gasteiger partial charge in [-0.05, 0) is 69.5 Å². The van der Waals surface area contributed by atoms with E-state index in [9.17, 15) is 14.4 Å². The van der Waals surface area contributed by atoms with Crippen molar-refractivity contribution in [2.45, 2.75) is 57.0 Å². The van der Waals surface area contributed by atoms with Crippen LogP contribution in [0.15, 0.2) is 30.9 Å². The van der Waals surface area contributed by atoms with E-state index in [-0.39, 0.29) is 30.2 Å². The van der Waals surface area contributed by atoms with E-state index >= 15 is 0 Å². The van der Waals surface area contributed by atoms with E-state index in [1.807, 2.05) is 6.07 Å². The van der Waals surface area contributed by atoms with Crippen molar-refractivity contribution in [3.63, 3.8) is 0 Å². The van der Waals surface area contributed by atoms with Gasteiger partial charge in [0, 0.05) is 74.9 Å². The average molecular weight is 585 g/mol. The molecule has 1 spiro atoms. The summed E-state index contributed by atoms with van der Waals surface area (Å²) in [5.41, 5.74) is 4.86. The Morgan fingerprint density at radius 1 is 1.16 bits per heavy atom. The lowest BCUT2D eigenvalue weighted by atomic mass is 9.79. The van der Waals surface area contributed by atoms with Crippen molar-refractivity contribution in [2.75, 3.05) is 74.1 Å². The number of aromatic nitrogens is 2. The molecule has 2 unspecified atom stereocenters. The van der Waals surface area contributed by atoms with Gasteiger partial charge in [-0.1, -0.05) is 12.6 Å². The number of piperazine rings is 1. The monoisotopic (exact) mass is 584 g/mol. The highest BCUT2D eigenvalue weighted by Gasteiger charge is 2.48. The summed E-state index contributed by atoms with van der Waals surface area (Å²) in [6, 6.07) is 7.55. The molecule has 2 aromatic rings. The van der Waals surface area contributed by atoms with Crippen LogP contribution in [0.25, 0.3) is 0 Å². The quantitative estimate of drug-likeness (QED) is 0.496. The van der Waals surface area contributed by atoms with Gasteiger partial charge in [-0.15, -0.1) is 0 Å². The van der Waals surface area contributed by atoms with Crippen LogP contribution in [0.3, 0.4) is 0 Å². The number of fused-ring (bicyclic) bond motifs is 2. The smallest absolute Gasteiger partial charge is 0.246 e. The van der Waals surface area contributed by atoms with Crippen molar-refractivity contribution in [1.29, 1.82) is 5.26 Å². The molecule has 1 amide bonds. The number of hydrogen-bond acceptors (Lipinski definition) is 8. The molecule has 0 bridgehead atoms. The van der Waals surface area contributed by atoms with Crippen molar-refractivity contribution in [2.24, 2.45) is 5.41 Å². The van der Waals surface area contributed by atoms with Crippen LogP contribution in [0.4, 0.5) is 21.8 Å². The van der Waals surface area contributed by atoms with Gasteiger partial charge in [-0.2, -0.15) is 10.2 Å². The molecule has 1 aromatic heterocycles. The predicted molar refractivity (Wildman–Crippen MR) is 165 cm³/mol. The second-order valence-corrected chi connectivity index (χ2v) is 13.3. The highest BCUT2D eigenvalue weighted by Crippen LogP contribution is 2.42. The Labute approximate surface area is 253 Å². The van der Waals surface area contributed by atoms with Gasteiger partial charge >= 0.3 is 0 Å². The fourth-order valence-corrected chi connectivity index (χ4v) is 8.25. The first-order chi connectivity index (χ1) is 20.9. The van der Waals surface area contributed by atoms with E-state index in [0.29, 0.717) is 25.0 Å². The van der Waals surface area contributed by atoms with Gasteiger partial charge < -0.3 is 24.5 Å². The molecule has 43 heavy (non-hydrogen) atoms. The Kier molecular flexibility index (Phi) is 7.24. The summed E-state index contributed by atoms with van der Waals surface area (Å²) in [6.45, 7) is 10.5. The van der Waals surface area contributed by atoms with Gasteiger partial charge in [-0.25, -0.2) is 9.37 Å². The predicted octanol–water partition coefficient (Wildman–Crippen LogP) is 3.18. The molecule has 7 rings (SSSR count). The molecule has 0 radical (unpaired) electrons. The number of aryl methyl sites for hydroxylation is 1. The molecule has 1 aliphatic carbocycles. The van der Waals surface area contributed by atoms with Crippen molar-refractivity contribution >= 4 is 23.4 Å². The second-order valence-electron chi connectivity index (χ2n) is 13.3. The third-order valence-corrected chi connectivity index (χ3v) is 10.4. The summed E-state index contributed by atoms with van der Waals surface area (Å²) in [7, 11) is 2.20. The van der Waals surface area contributed by atoms with Gasteiger partial charge in [0.15, 0.2) is 0 Å². The van der Waals surface area contributed by atoms with Crippen LogP contribution in [0, 0.1) is 22.6 Å². The molecule has 226 valence electrons. The molecular formula is C33H41FN8O. The molecule has 0 N–H and O–H groups in total. The zero-order valence-corrected chi connectivity index (χ0v) is 25.1. The molecule has 0 saturated carbocycles. The van der Waals surface area contributed by atoms with Crippen LogP contribution in [0.5, 0.6) is 0 Å². The summed E-state index contributed by atoms with van der Waals surface area (Å²) >= 11 is 0. The Hall–Kier alpha value is -3.71. The van der Waals surface area contributed by atoms with E-state index in [4.69, 9.17) is 9.97 Å². The van der Waals surface area contributed by atoms with Gasteiger partial charge in [0.1, 0.15) is 11.6 Å². The lowest BCUT2D eigenvalue weighted by molar-refractivity contribution is -0.128. The molecule has 5 aliphatic rings. The topological polar surface area (TPSA) is 82.8 Å².